The topological polar surface area (TPSA) is 121 Å². The summed E-state index contributed by atoms with van der Waals surface area (Å²) in [4.78, 5) is 14.4. The molecule has 0 amide bonds. The monoisotopic (exact) mass is 265 g/mol. The van der Waals surface area contributed by atoms with E-state index in [1.165, 1.54) is 26.4 Å². The van der Waals surface area contributed by atoms with Gasteiger partial charge in [0.25, 0.3) is 11.7 Å². The van der Waals surface area contributed by atoms with Crippen LogP contribution in [-0.4, -0.2) is 35.4 Å². The Morgan fingerprint density at radius 2 is 1.95 bits per heavy atom. The lowest BCUT2D eigenvalue weighted by molar-refractivity contribution is 0.0680. The van der Waals surface area contributed by atoms with Gasteiger partial charge in [-0.25, -0.2) is 4.79 Å². The van der Waals surface area contributed by atoms with E-state index >= 15 is 0 Å². The average Bonchev–Trinajstić information content (AvgIpc) is 2.87. The number of anilines is 1. The summed E-state index contributed by atoms with van der Waals surface area (Å²) >= 11 is 0. The molecule has 0 fully saturated rings. The largest absolute Gasteiger partial charge is 0.493 e. The van der Waals surface area contributed by atoms with Gasteiger partial charge in [0.1, 0.15) is 0 Å². The van der Waals surface area contributed by atoms with Crippen LogP contribution in [0, 0.1) is 0 Å². The van der Waals surface area contributed by atoms with Crippen LogP contribution in [0.2, 0.25) is 0 Å². The van der Waals surface area contributed by atoms with Crippen LogP contribution in [0.4, 0.5) is 5.69 Å². The summed E-state index contributed by atoms with van der Waals surface area (Å²) in [6.45, 7) is 0. The number of nitrogens with zero attached hydrogens (tertiary/aromatic N) is 2. The number of carbonyl (C=O) groups is 1. The van der Waals surface area contributed by atoms with E-state index in [-0.39, 0.29) is 5.89 Å². The lowest BCUT2D eigenvalue weighted by atomic mass is 10.1. The number of nitrogens with two attached hydrogens (primary N) is 1. The number of methoxy groups -OCH3 is 2. The predicted octanol–water partition coefficient (Wildman–Crippen LogP) is 1.03. The lowest BCUT2D eigenvalue weighted by Gasteiger charge is -2.10. The number of hydrogen-bond donors (Lipinski definition) is 2. The molecule has 1 aromatic carbocycles. The molecule has 0 unspecified atom stereocenters. The highest BCUT2D eigenvalue weighted by atomic mass is 16.5. The van der Waals surface area contributed by atoms with Gasteiger partial charge in [0, 0.05) is 11.8 Å². The van der Waals surface area contributed by atoms with Crippen LogP contribution in [0.1, 0.15) is 10.6 Å². The summed E-state index contributed by atoms with van der Waals surface area (Å²) in [5.41, 5.74) is 6.50. The highest BCUT2D eigenvalue weighted by molar-refractivity contribution is 5.84. The van der Waals surface area contributed by atoms with Crippen LogP contribution in [0.15, 0.2) is 16.7 Å². The molecule has 2 aromatic rings. The first kappa shape index (κ1) is 12.7. The van der Waals surface area contributed by atoms with Gasteiger partial charge < -0.3 is 24.8 Å². The summed E-state index contributed by atoms with van der Waals surface area (Å²) in [6, 6.07) is 3.06. The number of rotatable bonds is 4. The number of carboxylic acids is 1. The molecule has 0 aliphatic rings. The number of aromatic nitrogens is 2. The Kier molecular flexibility index (Phi) is 3.23. The van der Waals surface area contributed by atoms with Crippen molar-refractivity contribution in [2.75, 3.05) is 20.0 Å². The summed E-state index contributed by atoms with van der Waals surface area (Å²) in [5, 5.41) is 12.1. The fraction of sp³-hybridized carbons (Fsp3) is 0.182. The van der Waals surface area contributed by atoms with Gasteiger partial charge in [-0.1, -0.05) is 0 Å². The van der Waals surface area contributed by atoms with Crippen LogP contribution in [0.25, 0.3) is 11.5 Å². The molecule has 0 bridgehead atoms. The van der Waals surface area contributed by atoms with E-state index in [1.807, 2.05) is 0 Å². The Hall–Kier alpha value is -2.77. The number of ether oxygens (including phenoxy) is 2. The van der Waals surface area contributed by atoms with E-state index in [0.717, 1.165) is 0 Å². The number of carboxylic acid groups (broad SMARTS) is 1. The molecule has 2 rings (SSSR count). The molecular weight excluding hydrogens is 254 g/mol. The van der Waals surface area contributed by atoms with Crippen molar-refractivity contribution in [1.82, 2.24) is 10.1 Å². The summed E-state index contributed by atoms with van der Waals surface area (Å²) in [5.74, 6) is -0.863. The molecule has 0 saturated heterocycles. The maximum absolute atomic E-state index is 10.7. The zero-order valence-electron chi connectivity index (χ0n) is 10.2. The van der Waals surface area contributed by atoms with Gasteiger partial charge in [0.15, 0.2) is 11.5 Å². The lowest BCUT2D eigenvalue weighted by Crippen LogP contribution is -1.99. The van der Waals surface area contributed by atoms with Crippen LogP contribution in [0.5, 0.6) is 11.5 Å². The second-order valence-corrected chi connectivity index (χ2v) is 3.52. The van der Waals surface area contributed by atoms with Gasteiger partial charge in [0.2, 0.25) is 0 Å². The SMILES string of the molecule is COc1cc(N)c(-c2nc(C(=O)O)no2)cc1OC. The van der Waals surface area contributed by atoms with Crippen molar-refractivity contribution >= 4 is 11.7 Å². The van der Waals surface area contributed by atoms with E-state index in [0.29, 0.717) is 22.7 Å². The predicted molar refractivity (Wildman–Crippen MR) is 64.2 cm³/mol. The van der Waals surface area contributed by atoms with E-state index in [2.05, 4.69) is 10.1 Å². The van der Waals surface area contributed by atoms with Crippen molar-refractivity contribution in [3.63, 3.8) is 0 Å². The van der Waals surface area contributed by atoms with E-state index < -0.39 is 11.8 Å². The molecule has 100 valence electrons. The molecule has 8 heteroatoms. The zero-order valence-corrected chi connectivity index (χ0v) is 10.2. The van der Waals surface area contributed by atoms with Gasteiger partial charge in [-0.3, -0.25) is 0 Å². The fourth-order valence-electron chi connectivity index (χ4n) is 1.50. The van der Waals surface area contributed by atoms with Gasteiger partial charge in [0.05, 0.1) is 19.8 Å². The number of nitrogen functional groups attached to an aromatic ring is 1. The maximum atomic E-state index is 10.7. The third kappa shape index (κ3) is 2.28. The van der Waals surface area contributed by atoms with Crippen LogP contribution in [0.3, 0.4) is 0 Å². The molecule has 8 nitrogen and oxygen atoms in total. The maximum Gasteiger partial charge on any atom is 0.377 e. The number of hydrogen-bond acceptors (Lipinski definition) is 7. The van der Waals surface area contributed by atoms with Crippen molar-refractivity contribution in [2.45, 2.75) is 0 Å². The molecule has 0 aliphatic heterocycles. The minimum atomic E-state index is -1.28. The first-order chi connectivity index (χ1) is 9.06. The Bertz CT molecular complexity index is 623. The van der Waals surface area contributed by atoms with Gasteiger partial charge in [-0.2, -0.15) is 4.98 Å². The first-order valence-electron chi connectivity index (χ1n) is 5.15. The Balaban J connectivity index is 2.51. The van der Waals surface area contributed by atoms with Crippen molar-refractivity contribution in [3.8, 4) is 23.0 Å². The van der Waals surface area contributed by atoms with Crippen LogP contribution < -0.4 is 15.2 Å². The Morgan fingerprint density at radius 3 is 2.47 bits per heavy atom. The van der Waals surface area contributed by atoms with Gasteiger partial charge >= 0.3 is 5.97 Å². The van der Waals surface area contributed by atoms with Crippen molar-refractivity contribution in [2.24, 2.45) is 0 Å². The standard InChI is InChI=1S/C11H11N3O5/c1-17-7-3-5(6(12)4-8(7)18-2)10-13-9(11(15)16)14-19-10/h3-4H,12H2,1-2H3,(H,15,16). The molecule has 1 heterocycles. The second kappa shape index (κ2) is 4.84. The normalized spacial score (nSPS) is 10.2. The highest BCUT2D eigenvalue weighted by Gasteiger charge is 2.18. The summed E-state index contributed by atoms with van der Waals surface area (Å²) in [6.07, 6.45) is 0. The zero-order chi connectivity index (χ0) is 14.0. The fourth-order valence-corrected chi connectivity index (χ4v) is 1.50. The van der Waals surface area contributed by atoms with Gasteiger partial charge in [-0.15, -0.1) is 0 Å². The van der Waals surface area contributed by atoms with E-state index in [4.69, 9.17) is 24.8 Å². The minimum Gasteiger partial charge on any atom is -0.493 e. The number of aromatic carboxylic acids is 1. The molecule has 0 aliphatic carbocycles. The third-order valence-electron chi connectivity index (χ3n) is 2.40. The van der Waals surface area contributed by atoms with Gasteiger partial charge in [-0.05, 0) is 11.2 Å². The number of benzene rings is 1. The Labute approximate surface area is 107 Å². The minimum absolute atomic E-state index is 0.00384. The molecule has 0 atom stereocenters. The van der Waals surface area contributed by atoms with E-state index in [1.54, 1.807) is 0 Å². The van der Waals surface area contributed by atoms with Crippen molar-refractivity contribution < 1.29 is 23.9 Å². The van der Waals surface area contributed by atoms with Crippen molar-refractivity contribution in [3.05, 3.63) is 18.0 Å². The molecule has 19 heavy (non-hydrogen) atoms. The van der Waals surface area contributed by atoms with Crippen molar-refractivity contribution in [1.29, 1.82) is 0 Å². The third-order valence-corrected chi connectivity index (χ3v) is 2.40. The summed E-state index contributed by atoms with van der Waals surface area (Å²) < 4.78 is 15.1. The second-order valence-electron chi connectivity index (χ2n) is 3.52. The van der Waals surface area contributed by atoms with Crippen LogP contribution >= 0.6 is 0 Å². The molecule has 3 N–H and O–H groups in total. The molecule has 0 spiro atoms. The van der Waals surface area contributed by atoms with E-state index in [9.17, 15) is 4.79 Å². The Morgan fingerprint density at radius 1 is 1.32 bits per heavy atom. The summed E-state index contributed by atoms with van der Waals surface area (Å²) in [7, 11) is 2.94. The molecule has 1 aromatic heterocycles. The smallest absolute Gasteiger partial charge is 0.377 e. The average molecular weight is 265 g/mol. The first-order valence-corrected chi connectivity index (χ1v) is 5.15. The molecule has 0 saturated carbocycles. The van der Waals surface area contributed by atoms with Crippen LogP contribution in [-0.2, 0) is 0 Å². The quantitative estimate of drug-likeness (QED) is 0.786. The highest BCUT2D eigenvalue weighted by Crippen LogP contribution is 2.36. The molecular formula is C11H11N3O5. The molecule has 0 radical (unpaired) electrons.